The normalized spacial score (nSPS) is 28.9. The number of anilines is 1. The molecule has 2 heterocycles. The molecule has 11 nitrogen and oxygen atoms in total. The molecule has 0 aromatic heterocycles. The summed E-state index contributed by atoms with van der Waals surface area (Å²) in [6, 6.07) is 2.68. The lowest BCUT2D eigenvalue weighted by Crippen LogP contribution is -2.60. The third-order valence-electron chi connectivity index (χ3n) is 9.62. The number of methoxy groups -OCH3 is 3. The van der Waals surface area contributed by atoms with Gasteiger partial charge in [0, 0.05) is 5.92 Å². The molecule has 5 amide bonds. The number of rotatable bonds is 5. The lowest BCUT2D eigenvalue weighted by molar-refractivity contribution is -0.138. The van der Waals surface area contributed by atoms with Crippen molar-refractivity contribution in [2.75, 3.05) is 26.2 Å². The van der Waals surface area contributed by atoms with Crippen LogP contribution in [0.1, 0.15) is 18.4 Å². The van der Waals surface area contributed by atoms with Crippen LogP contribution in [0.25, 0.3) is 6.08 Å². The van der Waals surface area contributed by atoms with Gasteiger partial charge in [0.15, 0.2) is 44.5 Å². The number of imide groups is 4. The first-order valence-corrected chi connectivity index (χ1v) is 15.3. The molecule has 0 spiro atoms. The molecule has 1 saturated carbocycles. The van der Waals surface area contributed by atoms with Crippen LogP contribution in [0.15, 0.2) is 29.9 Å². The van der Waals surface area contributed by atoms with Crippen molar-refractivity contribution in [3.05, 3.63) is 64.5 Å². The Kier molecular flexibility index (Phi) is 8.41. The molecule has 6 atom stereocenters. The van der Waals surface area contributed by atoms with E-state index < -0.39 is 104 Å². The van der Waals surface area contributed by atoms with Crippen LogP contribution in [0.3, 0.4) is 0 Å². The Morgan fingerprint density at radius 1 is 0.880 bits per heavy atom. The van der Waals surface area contributed by atoms with E-state index in [0.717, 1.165) is 7.11 Å². The number of allylic oxidation sites excluding steroid dienone is 3. The van der Waals surface area contributed by atoms with E-state index in [-0.39, 0.29) is 44.6 Å². The van der Waals surface area contributed by atoms with Gasteiger partial charge < -0.3 is 19.3 Å². The molecule has 2 aliphatic heterocycles. The number of benzene rings is 2. The second-order valence-electron chi connectivity index (χ2n) is 11.9. The number of phenols is 1. The quantitative estimate of drug-likeness (QED) is 0.112. The second kappa shape index (κ2) is 12.0. The highest BCUT2D eigenvalue weighted by atomic mass is 35.5. The Balaban J connectivity index is 1.56. The molecule has 18 heteroatoms. The molecule has 0 unspecified atom stereocenters. The average Bonchev–Trinajstić information content (AvgIpc) is 3.44. The van der Waals surface area contributed by atoms with Gasteiger partial charge in [-0.15, -0.1) is 23.2 Å². The van der Waals surface area contributed by atoms with Crippen LogP contribution in [-0.4, -0.2) is 70.8 Å². The minimum atomic E-state index is -2.74. The standard InChI is InChI=1S/C32H23Cl2F5N2O9/c1-48-16-8-11(9-17(49-2)25(16)42)4-7-15-12-5-6-13-18(27(44)41(26(13)43)30(47)50-3)14(12)10-31(33)28(45)40(29(46)32(15,31)34)24-22(38)20(36)19(35)21(37)23(24)39/h4-5,7-9,13-15,18,42H,6,10H2,1-3H3/t13-,14+,15-,18-,31+,32-/m0/s1. The number of carbonyl (C=O) groups is 5. The molecule has 2 saturated heterocycles. The van der Waals surface area contributed by atoms with Gasteiger partial charge in [0.2, 0.25) is 23.4 Å². The number of nitrogens with zero attached hydrogens (tertiary/aromatic N) is 2. The van der Waals surface area contributed by atoms with E-state index in [4.69, 9.17) is 32.7 Å². The van der Waals surface area contributed by atoms with Crippen LogP contribution in [0.5, 0.6) is 17.2 Å². The number of hydrogen-bond donors (Lipinski definition) is 1. The Morgan fingerprint density at radius 2 is 1.44 bits per heavy atom. The van der Waals surface area contributed by atoms with Crippen molar-refractivity contribution in [3.63, 3.8) is 0 Å². The molecule has 4 aliphatic rings. The van der Waals surface area contributed by atoms with Crippen LogP contribution in [0, 0.1) is 52.8 Å². The number of alkyl halides is 2. The van der Waals surface area contributed by atoms with Crippen LogP contribution in [-0.2, 0) is 23.9 Å². The van der Waals surface area contributed by atoms with Crippen molar-refractivity contribution in [1.29, 1.82) is 0 Å². The fourth-order valence-corrected chi connectivity index (χ4v) is 8.19. The molecule has 2 aromatic rings. The SMILES string of the molecule is COC(=O)N1C(=O)[C@H]2[C@H](CC=C3[C@H]2C[C@@]2(Cl)C(=O)N(c4c(F)c(F)c(F)c(F)c4F)C(=O)[C@@]2(Cl)[C@H]3C=Cc2cc(OC)c(O)c(OC)c2)C1=O. The molecule has 2 aromatic carbocycles. The molecule has 0 radical (unpaired) electrons. The summed E-state index contributed by atoms with van der Waals surface area (Å²) in [5.74, 6) is -23.5. The first-order chi connectivity index (χ1) is 23.5. The molecule has 50 heavy (non-hydrogen) atoms. The molecule has 1 N–H and O–H groups in total. The highest BCUT2D eigenvalue weighted by molar-refractivity contribution is 6.58. The maximum Gasteiger partial charge on any atom is 0.423 e. The maximum atomic E-state index is 15.1. The number of phenolic OH excluding ortho intramolecular Hbond substituents is 1. The Hall–Kier alpha value is -4.70. The van der Waals surface area contributed by atoms with E-state index in [2.05, 4.69) is 4.74 Å². The monoisotopic (exact) mass is 744 g/mol. The maximum absolute atomic E-state index is 15.1. The average molecular weight is 745 g/mol. The zero-order valence-electron chi connectivity index (χ0n) is 25.9. The first-order valence-electron chi connectivity index (χ1n) is 14.6. The lowest BCUT2D eigenvalue weighted by Gasteiger charge is -2.49. The van der Waals surface area contributed by atoms with Gasteiger partial charge in [0.1, 0.15) is 5.69 Å². The summed E-state index contributed by atoms with van der Waals surface area (Å²) in [4.78, 5) is 62.1. The summed E-state index contributed by atoms with van der Waals surface area (Å²) in [6.45, 7) is 0. The van der Waals surface area contributed by atoms with Gasteiger partial charge in [-0.3, -0.25) is 19.2 Å². The van der Waals surface area contributed by atoms with Gasteiger partial charge in [-0.2, -0.15) is 4.90 Å². The van der Waals surface area contributed by atoms with Crippen molar-refractivity contribution >= 4 is 64.7 Å². The minimum absolute atomic E-state index is 0.0555. The molecule has 3 fully saturated rings. The van der Waals surface area contributed by atoms with E-state index in [1.807, 2.05) is 0 Å². The van der Waals surface area contributed by atoms with Crippen molar-refractivity contribution in [2.45, 2.75) is 22.6 Å². The lowest BCUT2D eigenvalue weighted by atomic mass is 9.57. The highest BCUT2D eigenvalue weighted by Gasteiger charge is 2.76. The van der Waals surface area contributed by atoms with Crippen LogP contribution in [0.4, 0.5) is 32.4 Å². The Labute approximate surface area is 288 Å². The van der Waals surface area contributed by atoms with Crippen LogP contribution < -0.4 is 14.4 Å². The van der Waals surface area contributed by atoms with E-state index in [1.54, 1.807) is 0 Å². The Bertz CT molecular complexity index is 1940. The molecule has 264 valence electrons. The number of amides is 5. The molecule has 6 rings (SSSR count). The summed E-state index contributed by atoms with van der Waals surface area (Å²) in [7, 11) is 3.44. The number of likely N-dealkylation sites (tertiary alicyclic amines) is 1. The van der Waals surface area contributed by atoms with E-state index >= 15 is 8.78 Å². The van der Waals surface area contributed by atoms with Crippen molar-refractivity contribution in [1.82, 2.24) is 4.90 Å². The zero-order chi connectivity index (χ0) is 36.8. The zero-order valence-corrected chi connectivity index (χ0v) is 27.4. The summed E-state index contributed by atoms with van der Waals surface area (Å²) >= 11 is 14.0. The molecular weight excluding hydrogens is 722 g/mol. The van der Waals surface area contributed by atoms with Gasteiger partial charge in [-0.1, -0.05) is 23.8 Å². The van der Waals surface area contributed by atoms with E-state index in [0.29, 0.717) is 0 Å². The van der Waals surface area contributed by atoms with Crippen molar-refractivity contribution < 1.29 is 65.2 Å². The smallest absolute Gasteiger partial charge is 0.423 e. The summed E-state index contributed by atoms with van der Waals surface area (Å²) in [5.41, 5.74) is -1.52. The van der Waals surface area contributed by atoms with Gasteiger partial charge >= 0.3 is 6.09 Å². The predicted octanol–water partition coefficient (Wildman–Crippen LogP) is 4.98. The van der Waals surface area contributed by atoms with E-state index in [9.17, 15) is 42.3 Å². The summed E-state index contributed by atoms with van der Waals surface area (Å²) < 4.78 is 87.9. The molecular formula is C32H23Cl2F5N2O9. The van der Waals surface area contributed by atoms with Gasteiger partial charge in [-0.05, 0) is 36.5 Å². The van der Waals surface area contributed by atoms with Gasteiger partial charge in [-0.25, -0.2) is 31.6 Å². The third kappa shape index (κ3) is 4.49. The minimum Gasteiger partial charge on any atom is -0.502 e. The first kappa shape index (κ1) is 35.1. The summed E-state index contributed by atoms with van der Waals surface area (Å²) in [6.07, 6.45) is 1.82. The number of halogens is 7. The number of carbonyl (C=O) groups excluding carboxylic acids is 5. The van der Waals surface area contributed by atoms with Crippen molar-refractivity contribution in [2.24, 2.45) is 23.7 Å². The van der Waals surface area contributed by atoms with Gasteiger partial charge in [0.05, 0.1) is 33.2 Å². The fourth-order valence-electron chi connectivity index (χ4n) is 7.30. The topological polar surface area (TPSA) is 140 Å². The Morgan fingerprint density at radius 3 is 1.98 bits per heavy atom. The number of hydrogen-bond acceptors (Lipinski definition) is 9. The summed E-state index contributed by atoms with van der Waals surface area (Å²) in [5, 5.41) is 10.4. The highest BCUT2D eigenvalue weighted by Crippen LogP contribution is 2.64. The fraction of sp³-hybridized carbons (Fsp3) is 0.344. The second-order valence-corrected chi connectivity index (χ2v) is 13.1. The van der Waals surface area contributed by atoms with Crippen LogP contribution in [0.2, 0.25) is 0 Å². The van der Waals surface area contributed by atoms with Crippen LogP contribution >= 0.6 is 23.2 Å². The largest absolute Gasteiger partial charge is 0.502 e. The van der Waals surface area contributed by atoms with Gasteiger partial charge in [0.25, 0.3) is 11.8 Å². The third-order valence-corrected chi connectivity index (χ3v) is 11.0. The predicted molar refractivity (Wildman–Crippen MR) is 162 cm³/mol. The number of aromatic hydroxyl groups is 1. The van der Waals surface area contributed by atoms with E-state index in [1.165, 1.54) is 44.6 Å². The number of fused-ring (bicyclic) bond motifs is 4. The molecule has 0 bridgehead atoms. The molecule has 2 aliphatic carbocycles. The van der Waals surface area contributed by atoms with Crippen molar-refractivity contribution in [3.8, 4) is 17.2 Å². The number of ether oxygens (including phenoxy) is 3.